The molecule has 2 aliphatic heterocycles. The molecular weight excluding hydrogens is 375 g/mol. The summed E-state index contributed by atoms with van der Waals surface area (Å²) >= 11 is 0. The van der Waals surface area contributed by atoms with Crippen LogP contribution in [0.4, 0.5) is 18.9 Å². The van der Waals surface area contributed by atoms with Crippen molar-refractivity contribution in [2.45, 2.75) is 32.1 Å². The number of aromatic amines is 1. The van der Waals surface area contributed by atoms with E-state index in [-0.39, 0.29) is 18.8 Å². The average Bonchev–Trinajstić information content (AvgIpc) is 3.11. The number of halogens is 3. The van der Waals surface area contributed by atoms with Gasteiger partial charge in [-0.05, 0) is 24.5 Å². The fourth-order valence-electron chi connectivity index (χ4n) is 3.75. The highest BCUT2D eigenvalue weighted by Gasteiger charge is 2.39. The van der Waals surface area contributed by atoms with Crippen LogP contribution in [-0.4, -0.2) is 30.0 Å². The van der Waals surface area contributed by atoms with Gasteiger partial charge in [-0.15, -0.1) is 0 Å². The summed E-state index contributed by atoms with van der Waals surface area (Å²) in [6.45, 7) is 2.43. The zero-order valence-electron chi connectivity index (χ0n) is 15.1. The summed E-state index contributed by atoms with van der Waals surface area (Å²) < 4.78 is 51.6. The molecule has 0 saturated carbocycles. The van der Waals surface area contributed by atoms with Gasteiger partial charge in [0.15, 0.2) is 0 Å². The van der Waals surface area contributed by atoms with E-state index in [1.807, 2.05) is 23.3 Å². The van der Waals surface area contributed by atoms with Crippen molar-refractivity contribution in [3.8, 4) is 5.75 Å². The van der Waals surface area contributed by atoms with Gasteiger partial charge in [-0.3, -0.25) is 4.79 Å². The smallest absolute Gasteiger partial charge is 0.423 e. The van der Waals surface area contributed by atoms with E-state index in [2.05, 4.69) is 5.10 Å². The van der Waals surface area contributed by atoms with Crippen molar-refractivity contribution in [3.63, 3.8) is 0 Å². The van der Waals surface area contributed by atoms with Crippen molar-refractivity contribution < 1.29 is 22.6 Å². The molecule has 9 heteroatoms. The predicted molar refractivity (Wildman–Crippen MR) is 95.2 cm³/mol. The number of ether oxygens (including phenoxy) is 2. The van der Waals surface area contributed by atoms with E-state index in [1.165, 1.54) is 4.90 Å². The first-order valence-corrected chi connectivity index (χ1v) is 9.14. The average molecular weight is 395 g/mol. The number of H-pyrrole nitrogens is 1. The molecule has 28 heavy (non-hydrogen) atoms. The zero-order chi connectivity index (χ0) is 19.7. The normalized spacial score (nSPS) is 19.5. The summed E-state index contributed by atoms with van der Waals surface area (Å²) in [6, 6.07) is 5.52. The van der Waals surface area contributed by atoms with Crippen LogP contribution >= 0.6 is 0 Å². The topological polar surface area (TPSA) is 67.5 Å². The number of aromatic nitrogens is 2. The molecule has 2 aliphatic rings. The maximum atomic E-state index is 13.4. The number of benzene rings is 1. The van der Waals surface area contributed by atoms with E-state index in [0.717, 1.165) is 36.8 Å². The first-order chi connectivity index (χ1) is 13.4. The fourth-order valence-corrected chi connectivity index (χ4v) is 3.75. The number of anilines is 1. The van der Waals surface area contributed by atoms with Gasteiger partial charge in [0, 0.05) is 31.2 Å². The highest BCUT2D eigenvalue weighted by atomic mass is 19.4. The second kappa shape index (κ2) is 7.46. The van der Waals surface area contributed by atoms with E-state index in [0.29, 0.717) is 24.9 Å². The minimum Gasteiger partial charge on any atom is -0.493 e. The molecule has 1 N–H and O–H groups in total. The van der Waals surface area contributed by atoms with E-state index in [4.69, 9.17) is 9.47 Å². The largest absolute Gasteiger partial charge is 0.493 e. The third-order valence-corrected chi connectivity index (χ3v) is 5.13. The first kappa shape index (κ1) is 18.8. The highest BCUT2D eigenvalue weighted by Crippen LogP contribution is 2.39. The first-order valence-electron chi connectivity index (χ1n) is 9.14. The Morgan fingerprint density at radius 1 is 1.32 bits per heavy atom. The molecule has 2 aromatic rings. The molecule has 150 valence electrons. The maximum absolute atomic E-state index is 13.4. The standard InChI is InChI=1S/C19H20F3N3O3/c20-19(21,22)17-15(7-23-24-18(17)26)25-8-13-4-1-5-16(14(13)9-25)28-11-12-3-2-6-27-10-12/h1,4-5,7,12H,2-3,6,8-11H2,(H,24,26). The molecule has 0 amide bonds. The van der Waals surface area contributed by atoms with Crippen molar-refractivity contribution in [1.29, 1.82) is 0 Å². The molecule has 1 saturated heterocycles. The summed E-state index contributed by atoms with van der Waals surface area (Å²) in [6.07, 6.45) is -1.67. The Morgan fingerprint density at radius 2 is 2.18 bits per heavy atom. The summed E-state index contributed by atoms with van der Waals surface area (Å²) in [4.78, 5) is 13.3. The monoisotopic (exact) mass is 395 g/mol. The molecule has 1 aromatic carbocycles. The maximum Gasteiger partial charge on any atom is 0.423 e. The highest BCUT2D eigenvalue weighted by molar-refractivity contribution is 5.58. The number of alkyl halides is 3. The Morgan fingerprint density at radius 3 is 2.93 bits per heavy atom. The zero-order valence-corrected chi connectivity index (χ0v) is 15.1. The Kier molecular flexibility index (Phi) is 5.01. The lowest BCUT2D eigenvalue weighted by Gasteiger charge is -2.23. The molecule has 1 unspecified atom stereocenters. The third-order valence-electron chi connectivity index (χ3n) is 5.13. The number of hydrogen-bond acceptors (Lipinski definition) is 5. The second-order valence-corrected chi connectivity index (χ2v) is 7.10. The third kappa shape index (κ3) is 3.71. The van der Waals surface area contributed by atoms with Gasteiger partial charge in [-0.2, -0.15) is 18.3 Å². The van der Waals surface area contributed by atoms with Gasteiger partial charge in [0.2, 0.25) is 0 Å². The molecular formula is C19H20F3N3O3. The van der Waals surface area contributed by atoms with E-state index < -0.39 is 17.3 Å². The van der Waals surface area contributed by atoms with E-state index in [1.54, 1.807) is 0 Å². The number of nitrogens with zero attached hydrogens (tertiary/aromatic N) is 2. The van der Waals surface area contributed by atoms with Crippen LogP contribution in [-0.2, 0) is 24.0 Å². The van der Waals surface area contributed by atoms with Crippen LogP contribution in [0.1, 0.15) is 29.5 Å². The quantitative estimate of drug-likeness (QED) is 0.862. The number of hydrogen-bond donors (Lipinski definition) is 1. The van der Waals surface area contributed by atoms with Crippen LogP contribution in [0.3, 0.4) is 0 Å². The number of fused-ring (bicyclic) bond motifs is 1. The fraction of sp³-hybridized carbons (Fsp3) is 0.474. The Labute approximate surface area is 159 Å². The summed E-state index contributed by atoms with van der Waals surface area (Å²) in [5, 5.41) is 5.43. The molecule has 1 atom stereocenters. The van der Waals surface area contributed by atoms with E-state index in [9.17, 15) is 18.0 Å². The lowest BCUT2D eigenvalue weighted by molar-refractivity contribution is -0.138. The second-order valence-electron chi connectivity index (χ2n) is 7.10. The van der Waals surface area contributed by atoms with Crippen LogP contribution in [0.2, 0.25) is 0 Å². The molecule has 0 radical (unpaired) electrons. The van der Waals surface area contributed by atoms with Crippen molar-refractivity contribution >= 4 is 5.69 Å². The minimum atomic E-state index is -4.76. The van der Waals surface area contributed by atoms with Gasteiger partial charge in [0.25, 0.3) is 5.56 Å². The van der Waals surface area contributed by atoms with Crippen LogP contribution in [0.15, 0.2) is 29.2 Å². The Hall–Kier alpha value is -2.55. The van der Waals surface area contributed by atoms with Gasteiger partial charge >= 0.3 is 6.18 Å². The molecule has 6 nitrogen and oxygen atoms in total. The molecule has 0 aliphatic carbocycles. The van der Waals surface area contributed by atoms with Crippen molar-refractivity contribution in [1.82, 2.24) is 10.2 Å². The van der Waals surface area contributed by atoms with Crippen LogP contribution in [0.25, 0.3) is 0 Å². The summed E-state index contributed by atoms with van der Waals surface area (Å²) in [7, 11) is 0. The minimum absolute atomic E-state index is 0.223. The molecule has 0 spiro atoms. The molecule has 1 aromatic heterocycles. The van der Waals surface area contributed by atoms with Gasteiger partial charge < -0.3 is 14.4 Å². The summed E-state index contributed by atoms with van der Waals surface area (Å²) in [5.41, 5.74) is -0.968. The SMILES string of the molecule is O=c1[nH]ncc(N2Cc3cccc(OCC4CCCOC4)c3C2)c1C(F)(F)F. The van der Waals surface area contributed by atoms with Crippen LogP contribution in [0.5, 0.6) is 5.75 Å². The van der Waals surface area contributed by atoms with Crippen molar-refractivity contribution in [3.05, 3.63) is 51.4 Å². The van der Waals surface area contributed by atoms with Gasteiger partial charge in [-0.1, -0.05) is 12.1 Å². The number of rotatable bonds is 4. The lowest BCUT2D eigenvalue weighted by atomic mass is 10.0. The van der Waals surface area contributed by atoms with Crippen molar-refractivity contribution in [2.75, 3.05) is 24.7 Å². The lowest BCUT2D eigenvalue weighted by Crippen LogP contribution is -2.28. The van der Waals surface area contributed by atoms with Crippen LogP contribution in [0, 0.1) is 5.92 Å². The van der Waals surface area contributed by atoms with Gasteiger partial charge in [0.05, 0.1) is 25.1 Å². The molecule has 1 fully saturated rings. The van der Waals surface area contributed by atoms with Crippen LogP contribution < -0.4 is 15.2 Å². The summed E-state index contributed by atoms with van der Waals surface area (Å²) in [5.74, 6) is 0.979. The van der Waals surface area contributed by atoms with Crippen molar-refractivity contribution in [2.24, 2.45) is 5.92 Å². The Balaban J connectivity index is 1.56. The van der Waals surface area contributed by atoms with Gasteiger partial charge in [0.1, 0.15) is 11.3 Å². The predicted octanol–water partition coefficient (Wildman–Crippen LogP) is 3.11. The number of nitrogens with one attached hydrogen (secondary N) is 1. The van der Waals surface area contributed by atoms with Gasteiger partial charge in [-0.25, -0.2) is 5.10 Å². The van der Waals surface area contributed by atoms with E-state index >= 15 is 0 Å². The molecule has 3 heterocycles. The Bertz CT molecular complexity index is 907. The molecule has 4 rings (SSSR count). The molecule has 0 bridgehead atoms.